The maximum Gasteiger partial charge on any atom is 0.129 e. The molecule has 3 rings (SSSR count). The summed E-state index contributed by atoms with van der Waals surface area (Å²) < 4.78 is 20.9. The first kappa shape index (κ1) is 19.0. The van der Waals surface area contributed by atoms with E-state index in [0.29, 0.717) is 12.0 Å². The highest BCUT2D eigenvalue weighted by Crippen LogP contribution is 2.37. The minimum atomic E-state index is -0.561. The van der Waals surface area contributed by atoms with E-state index < -0.39 is 5.92 Å². The maximum atomic E-state index is 14.8. The number of aldehydes is 2. The summed E-state index contributed by atoms with van der Waals surface area (Å²) in [5, 5.41) is 0. The average molecular weight is 361 g/mol. The van der Waals surface area contributed by atoms with Crippen LogP contribution in [0, 0.1) is 12.7 Å². The number of hydrogen-bond acceptors (Lipinski definition) is 4. The van der Waals surface area contributed by atoms with E-state index in [1.807, 2.05) is 13.0 Å². The molecule has 0 aromatic heterocycles. The van der Waals surface area contributed by atoms with Crippen molar-refractivity contribution in [3.63, 3.8) is 0 Å². The van der Waals surface area contributed by atoms with Crippen molar-refractivity contribution in [2.75, 3.05) is 24.6 Å². The van der Waals surface area contributed by atoms with Gasteiger partial charge in [0.2, 0.25) is 0 Å². The number of rotatable bonds is 6. The summed E-state index contributed by atoms with van der Waals surface area (Å²) in [6.07, 6.45) is 7.61. The number of anilines is 1. The van der Waals surface area contributed by atoms with Crippen molar-refractivity contribution in [2.24, 2.45) is 0 Å². The van der Waals surface area contributed by atoms with Crippen molar-refractivity contribution >= 4 is 18.3 Å². The van der Waals surface area contributed by atoms with Crippen LogP contribution in [0.2, 0.25) is 0 Å². The van der Waals surface area contributed by atoms with Gasteiger partial charge in [0.25, 0.3) is 0 Å². The van der Waals surface area contributed by atoms with Gasteiger partial charge in [0.05, 0.1) is 5.60 Å². The van der Waals surface area contributed by atoms with Crippen molar-refractivity contribution in [3.8, 4) is 0 Å². The standard InChI is InChI=1S/C21H28FNO3/c1-16-13-18(14-19(22)20(16)17(15-25)5-4-11-24)23-9-7-21(8-10-23)6-2-3-12-26-21/h11,13-15,17H,2-10,12H2,1H3. The predicted molar refractivity (Wildman–Crippen MR) is 99.2 cm³/mol. The number of halogens is 1. The van der Waals surface area contributed by atoms with Gasteiger partial charge < -0.3 is 19.2 Å². The number of hydrogen-bond donors (Lipinski definition) is 0. The molecule has 142 valence electrons. The monoisotopic (exact) mass is 361 g/mol. The zero-order valence-electron chi connectivity index (χ0n) is 15.5. The summed E-state index contributed by atoms with van der Waals surface area (Å²) in [6, 6.07) is 3.51. The van der Waals surface area contributed by atoms with E-state index in [1.165, 1.54) is 6.42 Å². The lowest BCUT2D eigenvalue weighted by Gasteiger charge is -2.44. The van der Waals surface area contributed by atoms with Crippen molar-refractivity contribution < 1.29 is 18.7 Å². The second-order valence-electron chi connectivity index (χ2n) is 7.62. The van der Waals surface area contributed by atoms with Gasteiger partial charge in [-0.2, -0.15) is 0 Å². The van der Waals surface area contributed by atoms with Crippen molar-refractivity contribution in [1.29, 1.82) is 0 Å². The third kappa shape index (κ3) is 3.98. The largest absolute Gasteiger partial charge is 0.375 e. The molecule has 2 saturated heterocycles. The molecule has 4 nitrogen and oxygen atoms in total. The van der Waals surface area contributed by atoms with Crippen molar-refractivity contribution in [3.05, 3.63) is 29.1 Å². The summed E-state index contributed by atoms with van der Waals surface area (Å²) in [4.78, 5) is 24.2. The first-order valence-corrected chi connectivity index (χ1v) is 9.66. The van der Waals surface area contributed by atoms with Crippen LogP contribution < -0.4 is 4.90 Å². The Labute approximate surface area is 154 Å². The molecule has 2 aliphatic heterocycles. The van der Waals surface area contributed by atoms with Gasteiger partial charge in [-0.1, -0.05) is 0 Å². The minimum Gasteiger partial charge on any atom is -0.375 e. The quantitative estimate of drug-likeness (QED) is 0.720. The number of ether oxygens (including phenoxy) is 1. The summed E-state index contributed by atoms with van der Waals surface area (Å²) in [5.41, 5.74) is 2.10. The van der Waals surface area contributed by atoms with Gasteiger partial charge in [0.1, 0.15) is 18.4 Å². The minimum absolute atomic E-state index is 0.0275. The Kier molecular flexibility index (Phi) is 6.07. The fraction of sp³-hybridized carbons (Fsp3) is 0.619. The van der Waals surface area contributed by atoms with Crippen LogP contribution in [0.4, 0.5) is 10.1 Å². The normalized spacial score (nSPS) is 20.8. The molecule has 1 aromatic rings. The number of nitrogens with zero attached hydrogens (tertiary/aromatic N) is 1. The second kappa shape index (κ2) is 8.30. The van der Waals surface area contributed by atoms with Crippen LogP contribution in [-0.2, 0) is 14.3 Å². The Morgan fingerprint density at radius 1 is 1.23 bits per heavy atom. The SMILES string of the molecule is Cc1cc(N2CCC3(CCCCO3)CC2)cc(F)c1C(C=O)CCC=O. The number of carbonyl (C=O) groups excluding carboxylic acids is 2. The van der Waals surface area contributed by atoms with Gasteiger partial charge in [0.15, 0.2) is 0 Å². The molecule has 2 aliphatic rings. The highest BCUT2D eigenvalue weighted by Gasteiger charge is 2.37. The molecule has 0 saturated carbocycles. The molecular weight excluding hydrogens is 333 g/mol. The predicted octanol–water partition coefficient (Wildman–Crippen LogP) is 3.94. The summed E-state index contributed by atoms with van der Waals surface area (Å²) in [7, 11) is 0. The Morgan fingerprint density at radius 2 is 2.00 bits per heavy atom. The number of carbonyl (C=O) groups is 2. The Bertz CT molecular complexity index is 622. The third-order valence-corrected chi connectivity index (χ3v) is 5.93. The van der Waals surface area contributed by atoms with E-state index in [-0.39, 0.29) is 17.8 Å². The molecule has 1 spiro atoms. The summed E-state index contributed by atoms with van der Waals surface area (Å²) in [5.74, 6) is -0.910. The fourth-order valence-corrected chi connectivity index (χ4v) is 4.39. The fourth-order valence-electron chi connectivity index (χ4n) is 4.39. The lowest BCUT2D eigenvalue weighted by Crippen LogP contribution is -2.47. The molecule has 2 heterocycles. The van der Waals surface area contributed by atoms with Crippen LogP contribution in [0.25, 0.3) is 0 Å². The van der Waals surface area contributed by atoms with Crippen LogP contribution in [0.5, 0.6) is 0 Å². The van der Waals surface area contributed by atoms with Gasteiger partial charge >= 0.3 is 0 Å². The van der Waals surface area contributed by atoms with E-state index in [1.54, 1.807) is 6.07 Å². The molecule has 0 bridgehead atoms. The number of benzene rings is 1. The Hall–Kier alpha value is -1.75. The van der Waals surface area contributed by atoms with Crippen molar-refractivity contribution in [2.45, 2.75) is 63.4 Å². The van der Waals surface area contributed by atoms with Crippen LogP contribution in [0.3, 0.4) is 0 Å². The van der Waals surface area contributed by atoms with Gasteiger partial charge in [-0.3, -0.25) is 0 Å². The van der Waals surface area contributed by atoms with Crippen LogP contribution in [0.1, 0.15) is 62.0 Å². The second-order valence-corrected chi connectivity index (χ2v) is 7.62. The highest BCUT2D eigenvalue weighted by molar-refractivity contribution is 5.66. The van der Waals surface area contributed by atoms with Gasteiger partial charge in [0, 0.05) is 43.3 Å². The van der Waals surface area contributed by atoms with Gasteiger partial charge in [-0.15, -0.1) is 0 Å². The number of aryl methyl sites for hydroxylation is 1. The zero-order chi connectivity index (χ0) is 18.6. The first-order chi connectivity index (χ1) is 12.6. The van der Waals surface area contributed by atoms with Gasteiger partial charge in [-0.05, 0) is 63.1 Å². The molecule has 0 aliphatic carbocycles. The summed E-state index contributed by atoms with van der Waals surface area (Å²) in [6.45, 7) is 4.42. The van der Waals surface area contributed by atoms with Crippen LogP contribution in [0.15, 0.2) is 12.1 Å². The third-order valence-electron chi connectivity index (χ3n) is 5.93. The molecule has 26 heavy (non-hydrogen) atoms. The van der Waals surface area contributed by atoms with E-state index in [0.717, 1.165) is 69.2 Å². The van der Waals surface area contributed by atoms with Crippen LogP contribution >= 0.6 is 0 Å². The lowest BCUT2D eigenvalue weighted by molar-refractivity contribution is -0.110. The highest BCUT2D eigenvalue weighted by atomic mass is 19.1. The van der Waals surface area contributed by atoms with Crippen LogP contribution in [-0.4, -0.2) is 37.9 Å². The van der Waals surface area contributed by atoms with E-state index >= 15 is 0 Å². The Balaban J connectivity index is 1.73. The molecular formula is C21H28FNO3. The molecule has 5 heteroatoms. The molecule has 2 fully saturated rings. The molecule has 0 amide bonds. The van der Waals surface area contributed by atoms with E-state index in [4.69, 9.17) is 4.74 Å². The van der Waals surface area contributed by atoms with Crippen molar-refractivity contribution in [1.82, 2.24) is 0 Å². The van der Waals surface area contributed by atoms with E-state index in [9.17, 15) is 14.0 Å². The summed E-state index contributed by atoms with van der Waals surface area (Å²) >= 11 is 0. The molecule has 1 atom stereocenters. The molecule has 0 N–H and O–H groups in total. The maximum absolute atomic E-state index is 14.8. The lowest BCUT2D eigenvalue weighted by atomic mass is 9.84. The first-order valence-electron chi connectivity index (χ1n) is 9.66. The van der Waals surface area contributed by atoms with Gasteiger partial charge in [-0.25, -0.2) is 4.39 Å². The Morgan fingerprint density at radius 3 is 2.58 bits per heavy atom. The molecule has 0 radical (unpaired) electrons. The topological polar surface area (TPSA) is 46.6 Å². The smallest absolute Gasteiger partial charge is 0.129 e. The average Bonchev–Trinajstić information content (AvgIpc) is 2.65. The molecule has 1 unspecified atom stereocenters. The van der Waals surface area contributed by atoms with E-state index in [2.05, 4.69) is 4.90 Å². The molecule has 1 aromatic carbocycles. The number of piperidine rings is 1. The zero-order valence-corrected chi connectivity index (χ0v) is 15.5.